The third-order valence-corrected chi connectivity index (χ3v) is 3.51. The number of carboxylic acid groups (broad SMARTS) is 1. The fourth-order valence-electron chi connectivity index (χ4n) is 2.51. The van der Waals surface area contributed by atoms with Crippen LogP contribution in [0, 0.1) is 11.3 Å². The van der Waals surface area contributed by atoms with Gasteiger partial charge in [-0.2, -0.15) is 5.26 Å². The van der Waals surface area contributed by atoms with E-state index in [4.69, 9.17) is 5.11 Å². The first-order valence-corrected chi connectivity index (χ1v) is 6.31. The van der Waals surface area contributed by atoms with Crippen LogP contribution in [0.25, 0.3) is 0 Å². The molecule has 2 atom stereocenters. The van der Waals surface area contributed by atoms with Crippen molar-refractivity contribution in [2.45, 2.75) is 19.0 Å². The minimum Gasteiger partial charge on any atom is -0.465 e. The van der Waals surface area contributed by atoms with Crippen molar-refractivity contribution >= 4 is 6.09 Å². The first kappa shape index (κ1) is 13.4. The van der Waals surface area contributed by atoms with Crippen LogP contribution in [0.4, 0.5) is 4.79 Å². The van der Waals surface area contributed by atoms with E-state index < -0.39 is 6.09 Å². The lowest BCUT2D eigenvalue weighted by molar-refractivity contribution is 0.0641. The van der Waals surface area contributed by atoms with E-state index in [1.165, 1.54) is 4.90 Å². The highest BCUT2D eigenvalue weighted by Crippen LogP contribution is 2.23. The molecule has 1 saturated heterocycles. The van der Waals surface area contributed by atoms with Crippen LogP contribution < -0.4 is 0 Å². The summed E-state index contributed by atoms with van der Waals surface area (Å²) in [6.07, 6.45) is -0.889. The van der Waals surface area contributed by atoms with Gasteiger partial charge in [-0.05, 0) is 12.5 Å². The Morgan fingerprint density at radius 1 is 1.42 bits per heavy atom. The molecule has 0 spiro atoms. The predicted molar refractivity (Wildman–Crippen MR) is 70.6 cm³/mol. The molecular formula is C14H17N3O2. The van der Waals surface area contributed by atoms with Crippen LogP contribution in [0.1, 0.15) is 18.5 Å². The predicted octanol–water partition coefficient (Wildman–Crippen LogP) is 1.94. The fraction of sp³-hybridized carbons (Fsp3) is 0.429. The Labute approximate surface area is 112 Å². The fourth-order valence-corrected chi connectivity index (χ4v) is 2.51. The van der Waals surface area contributed by atoms with Crippen molar-refractivity contribution in [2.24, 2.45) is 0 Å². The third-order valence-electron chi connectivity index (χ3n) is 3.51. The van der Waals surface area contributed by atoms with Crippen molar-refractivity contribution in [3.8, 4) is 6.07 Å². The van der Waals surface area contributed by atoms with Crippen LogP contribution in [0.2, 0.25) is 0 Å². The minimum atomic E-state index is -0.889. The minimum absolute atomic E-state index is 0.0918. The molecule has 0 saturated carbocycles. The monoisotopic (exact) mass is 259 g/mol. The van der Waals surface area contributed by atoms with Gasteiger partial charge in [0.05, 0.1) is 6.07 Å². The van der Waals surface area contributed by atoms with E-state index in [1.807, 2.05) is 42.2 Å². The van der Waals surface area contributed by atoms with Gasteiger partial charge in [0.2, 0.25) is 0 Å². The smallest absolute Gasteiger partial charge is 0.407 e. The van der Waals surface area contributed by atoms with Gasteiger partial charge in [0, 0.05) is 25.7 Å². The van der Waals surface area contributed by atoms with Gasteiger partial charge in [-0.15, -0.1) is 0 Å². The highest BCUT2D eigenvalue weighted by atomic mass is 16.4. The molecule has 1 N–H and O–H groups in total. The normalized spacial score (nSPS) is 21.7. The summed E-state index contributed by atoms with van der Waals surface area (Å²) >= 11 is 0. The van der Waals surface area contributed by atoms with Crippen LogP contribution in [-0.2, 0) is 0 Å². The molecule has 1 aliphatic heterocycles. The lowest BCUT2D eigenvalue weighted by Gasteiger charge is -2.40. The Bertz CT molecular complexity index is 483. The Kier molecular flexibility index (Phi) is 4.03. The average molecular weight is 259 g/mol. The highest BCUT2D eigenvalue weighted by molar-refractivity contribution is 5.65. The molecule has 1 aliphatic rings. The number of carbonyl (C=O) groups is 1. The van der Waals surface area contributed by atoms with E-state index in [9.17, 15) is 10.1 Å². The largest absolute Gasteiger partial charge is 0.465 e. The first-order valence-electron chi connectivity index (χ1n) is 6.31. The number of nitriles is 1. The molecule has 5 heteroatoms. The molecule has 5 nitrogen and oxygen atoms in total. The summed E-state index contributed by atoms with van der Waals surface area (Å²) in [5.41, 5.74) is 0.959. The zero-order valence-corrected chi connectivity index (χ0v) is 10.9. The quantitative estimate of drug-likeness (QED) is 0.881. The molecule has 19 heavy (non-hydrogen) atoms. The van der Waals surface area contributed by atoms with E-state index in [0.29, 0.717) is 19.6 Å². The molecule has 1 aromatic carbocycles. The van der Waals surface area contributed by atoms with Gasteiger partial charge in [0.15, 0.2) is 0 Å². The Morgan fingerprint density at radius 3 is 2.63 bits per heavy atom. The van der Waals surface area contributed by atoms with Gasteiger partial charge >= 0.3 is 6.09 Å². The van der Waals surface area contributed by atoms with Crippen molar-refractivity contribution in [1.82, 2.24) is 9.80 Å². The molecule has 0 aromatic heterocycles. The Hall–Kier alpha value is -2.06. The summed E-state index contributed by atoms with van der Waals surface area (Å²) in [7, 11) is 0. The topological polar surface area (TPSA) is 67.6 Å². The average Bonchev–Trinajstić information content (AvgIpc) is 2.40. The van der Waals surface area contributed by atoms with E-state index in [1.54, 1.807) is 0 Å². The van der Waals surface area contributed by atoms with E-state index >= 15 is 0 Å². The summed E-state index contributed by atoms with van der Waals surface area (Å²) < 4.78 is 0. The Morgan fingerprint density at radius 2 is 2.11 bits per heavy atom. The maximum Gasteiger partial charge on any atom is 0.407 e. The number of nitrogens with zero attached hydrogens (tertiary/aromatic N) is 3. The maximum atomic E-state index is 11.0. The maximum absolute atomic E-state index is 11.0. The van der Waals surface area contributed by atoms with Crippen molar-refractivity contribution in [2.75, 3.05) is 19.6 Å². The highest BCUT2D eigenvalue weighted by Gasteiger charge is 2.31. The molecular weight excluding hydrogens is 242 g/mol. The molecule has 0 aliphatic carbocycles. The second-order valence-electron chi connectivity index (χ2n) is 4.76. The molecule has 1 amide bonds. The molecule has 100 valence electrons. The zero-order chi connectivity index (χ0) is 13.8. The lowest BCUT2D eigenvalue weighted by Crippen LogP contribution is -2.54. The van der Waals surface area contributed by atoms with Crippen LogP contribution in [0.3, 0.4) is 0 Å². The molecule has 0 bridgehead atoms. The summed E-state index contributed by atoms with van der Waals surface area (Å²) in [5, 5.41) is 18.4. The van der Waals surface area contributed by atoms with Crippen molar-refractivity contribution in [3.63, 3.8) is 0 Å². The summed E-state index contributed by atoms with van der Waals surface area (Å²) in [4.78, 5) is 14.5. The molecule has 1 fully saturated rings. The van der Waals surface area contributed by atoms with Crippen LogP contribution in [-0.4, -0.2) is 46.7 Å². The number of benzene rings is 1. The first-order chi connectivity index (χ1) is 9.13. The van der Waals surface area contributed by atoms with Crippen LogP contribution >= 0.6 is 0 Å². The van der Waals surface area contributed by atoms with Gasteiger partial charge in [0.1, 0.15) is 6.04 Å². The number of amides is 1. The van der Waals surface area contributed by atoms with E-state index in [-0.39, 0.29) is 12.1 Å². The molecule has 1 unspecified atom stereocenters. The van der Waals surface area contributed by atoms with Gasteiger partial charge in [-0.1, -0.05) is 30.3 Å². The van der Waals surface area contributed by atoms with Crippen LogP contribution in [0.5, 0.6) is 0 Å². The van der Waals surface area contributed by atoms with Gasteiger partial charge in [-0.25, -0.2) is 4.79 Å². The number of rotatable bonds is 2. The van der Waals surface area contributed by atoms with Crippen molar-refractivity contribution < 1.29 is 9.90 Å². The van der Waals surface area contributed by atoms with Crippen LogP contribution in [0.15, 0.2) is 30.3 Å². The summed E-state index contributed by atoms with van der Waals surface area (Å²) in [5.74, 6) is 0. The Balaban J connectivity index is 2.11. The molecule has 1 aromatic rings. The van der Waals surface area contributed by atoms with Gasteiger partial charge in [0.25, 0.3) is 0 Å². The summed E-state index contributed by atoms with van der Waals surface area (Å²) in [6.45, 7) is 3.49. The zero-order valence-electron chi connectivity index (χ0n) is 10.9. The van der Waals surface area contributed by atoms with Crippen molar-refractivity contribution in [3.05, 3.63) is 35.9 Å². The standard InChI is InChI=1S/C14H17N3O2/c1-11-10-16(7-8-17(11)14(18)19)13(9-15)12-5-3-2-4-6-12/h2-6,11,13H,7-8,10H2,1H3,(H,18,19)/t11-,13?/m1/s1. The molecule has 0 radical (unpaired) electrons. The van der Waals surface area contributed by atoms with E-state index in [0.717, 1.165) is 5.56 Å². The van der Waals surface area contributed by atoms with Crippen molar-refractivity contribution in [1.29, 1.82) is 5.26 Å². The second kappa shape index (κ2) is 5.72. The second-order valence-corrected chi connectivity index (χ2v) is 4.76. The van der Waals surface area contributed by atoms with Gasteiger partial charge < -0.3 is 10.0 Å². The third kappa shape index (κ3) is 2.85. The SMILES string of the molecule is C[C@@H]1CN(C(C#N)c2ccccc2)CCN1C(=O)O. The van der Waals surface area contributed by atoms with Gasteiger partial charge in [-0.3, -0.25) is 4.90 Å². The van der Waals surface area contributed by atoms with E-state index in [2.05, 4.69) is 6.07 Å². The number of hydrogen-bond donors (Lipinski definition) is 1. The molecule has 2 rings (SSSR count). The number of piperazine rings is 1. The number of hydrogen-bond acceptors (Lipinski definition) is 3. The summed E-state index contributed by atoms with van der Waals surface area (Å²) in [6, 6.07) is 11.5. The molecule has 1 heterocycles. The lowest BCUT2D eigenvalue weighted by atomic mass is 10.0.